The van der Waals surface area contributed by atoms with Crippen molar-refractivity contribution in [1.29, 1.82) is 0 Å². The molecule has 0 unspecified atom stereocenters. The number of nitrogens with one attached hydrogen (secondary N) is 2. The first-order chi connectivity index (χ1) is 16.5. The summed E-state index contributed by atoms with van der Waals surface area (Å²) in [5.41, 5.74) is 8.20. The quantitative estimate of drug-likeness (QED) is 0.452. The molecule has 184 valence electrons. The van der Waals surface area contributed by atoms with Gasteiger partial charge in [0.1, 0.15) is 17.2 Å². The van der Waals surface area contributed by atoms with Crippen molar-refractivity contribution >= 4 is 23.3 Å². The van der Waals surface area contributed by atoms with Crippen molar-refractivity contribution in [2.24, 2.45) is 0 Å². The van der Waals surface area contributed by atoms with Gasteiger partial charge in [-0.15, -0.1) is 0 Å². The van der Waals surface area contributed by atoms with Crippen LogP contribution in [-0.2, 0) is 6.54 Å². The first-order valence-electron chi connectivity index (χ1n) is 11.8. The number of nitrogens with two attached hydrogens (primary N) is 1. The number of anilines is 2. The second kappa shape index (κ2) is 12.0. The third-order valence-electron chi connectivity index (χ3n) is 5.39. The Hall–Kier alpha value is -3.62. The molecule has 1 heterocycles. The molecule has 0 radical (unpaired) electrons. The fourth-order valence-electron chi connectivity index (χ4n) is 3.82. The van der Waals surface area contributed by atoms with Crippen LogP contribution in [0.3, 0.4) is 0 Å². The summed E-state index contributed by atoms with van der Waals surface area (Å²) in [6.45, 7) is 8.68. The van der Waals surface area contributed by atoms with Gasteiger partial charge in [-0.25, -0.2) is 4.79 Å². The van der Waals surface area contributed by atoms with Crippen LogP contribution in [0.5, 0.6) is 17.2 Å². The fraction of sp³-hybridized carbons (Fsp3) is 0.440. The molecule has 3 amide bonds. The van der Waals surface area contributed by atoms with Crippen molar-refractivity contribution < 1.29 is 23.8 Å². The maximum atomic E-state index is 13.0. The van der Waals surface area contributed by atoms with Crippen molar-refractivity contribution in [2.45, 2.75) is 40.2 Å². The Labute approximate surface area is 200 Å². The molecule has 1 aliphatic rings. The lowest BCUT2D eigenvalue weighted by molar-refractivity contribution is 0.0788. The summed E-state index contributed by atoms with van der Waals surface area (Å²) in [6, 6.07) is 8.14. The number of rotatable bonds is 10. The molecule has 0 atom stereocenters. The maximum absolute atomic E-state index is 13.0. The van der Waals surface area contributed by atoms with Gasteiger partial charge in [0.15, 0.2) is 0 Å². The highest BCUT2D eigenvalue weighted by Gasteiger charge is 2.23. The molecule has 0 bridgehead atoms. The van der Waals surface area contributed by atoms with Crippen molar-refractivity contribution in [3.05, 3.63) is 41.5 Å². The Morgan fingerprint density at radius 3 is 2.24 bits per heavy atom. The van der Waals surface area contributed by atoms with Crippen LogP contribution in [0.2, 0.25) is 0 Å². The number of hydrogen-bond donors (Lipinski definition) is 3. The van der Waals surface area contributed by atoms with Crippen LogP contribution in [0, 0.1) is 0 Å². The molecule has 1 aliphatic heterocycles. The molecule has 3 rings (SSSR count). The zero-order valence-corrected chi connectivity index (χ0v) is 20.1. The van der Waals surface area contributed by atoms with Gasteiger partial charge in [-0.3, -0.25) is 4.79 Å². The van der Waals surface area contributed by atoms with Gasteiger partial charge < -0.3 is 35.5 Å². The van der Waals surface area contributed by atoms with Crippen LogP contribution in [0.1, 0.15) is 49.5 Å². The number of benzene rings is 2. The first kappa shape index (κ1) is 25.0. The van der Waals surface area contributed by atoms with Crippen LogP contribution < -0.4 is 30.6 Å². The monoisotopic (exact) mass is 470 g/mol. The molecule has 9 heteroatoms. The predicted octanol–water partition coefficient (Wildman–Crippen LogP) is 4.02. The second-order valence-corrected chi connectivity index (χ2v) is 7.81. The Morgan fingerprint density at radius 1 is 0.912 bits per heavy atom. The lowest BCUT2D eigenvalue weighted by atomic mass is 10.1. The van der Waals surface area contributed by atoms with Crippen LogP contribution in [0.25, 0.3) is 0 Å². The first-order valence-corrected chi connectivity index (χ1v) is 11.8. The molecule has 9 nitrogen and oxygen atoms in total. The molecule has 4 N–H and O–H groups in total. The van der Waals surface area contributed by atoms with Crippen molar-refractivity contribution in [2.75, 3.05) is 44.0 Å². The Balaban J connectivity index is 1.71. The smallest absolute Gasteiger partial charge is 0.319 e. The molecule has 2 aromatic carbocycles. The van der Waals surface area contributed by atoms with Crippen molar-refractivity contribution in [3.63, 3.8) is 0 Å². The van der Waals surface area contributed by atoms with E-state index in [0.29, 0.717) is 54.0 Å². The zero-order valence-electron chi connectivity index (χ0n) is 20.1. The van der Waals surface area contributed by atoms with Gasteiger partial charge in [-0.05, 0) is 57.9 Å². The summed E-state index contributed by atoms with van der Waals surface area (Å²) >= 11 is 0. The van der Waals surface area contributed by atoms with Gasteiger partial charge in [0.2, 0.25) is 0 Å². The minimum Gasteiger partial charge on any atom is -0.493 e. The van der Waals surface area contributed by atoms with Crippen LogP contribution >= 0.6 is 0 Å². The normalized spacial score (nSPS) is 12.9. The van der Waals surface area contributed by atoms with Gasteiger partial charge in [0.05, 0.1) is 31.1 Å². The molecule has 2 aromatic rings. The summed E-state index contributed by atoms with van der Waals surface area (Å²) in [5.74, 6) is 1.55. The van der Waals surface area contributed by atoms with Gasteiger partial charge in [-0.1, -0.05) is 0 Å². The van der Waals surface area contributed by atoms with E-state index in [1.54, 1.807) is 30.3 Å². The Bertz CT molecular complexity index is 1010. The number of amides is 3. The molecule has 34 heavy (non-hydrogen) atoms. The highest BCUT2D eigenvalue weighted by Crippen LogP contribution is 2.31. The molecule has 0 spiro atoms. The number of nitrogens with zero attached hydrogens (tertiary/aromatic N) is 1. The highest BCUT2D eigenvalue weighted by atomic mass is 16.5. The van der Waals surface area contributed by atoms with Crippen LogP contribution in [0.4, 0.5) is 16.2 Å². The lowest BCUT2D eigenvalue weighted by Crippen LogP contribution is -2.30. The summed E-state index contributed by atoms with van der Waals surface area (Å²) < 4.78 is 16.9. The van der Waals surface area contributed by atoms with E-state index in [1.165, 1.54) is 0 Å². The Morgan fingerprint density at radius 2 is 1.56 bits per heavy atom. The van der Waals surface area contributed by atoms with E-state index in [2.05, 4.69) is 10.6 Å². The summed E-state index contributed by atoms with van der Waals surface area (Å²) in [4.78, 5) is 27.4. The number of ether oxygens (including phenoxy) is 3. The number of likely N-dealkylation sites (tertiary alicyclic amines) is 1. The average molecular weight is 471 g/mol. The predicted molar refractivity (Wildman–Crippen MR) is 132 cm³/mol. The van der Waals surface area contributed by atoms with Gasteiger partial charge >= 0.3 is 6.03 Å². The van der Waals surface area contributed by atoms with E-state index in [-0.39, 0.29) is 12.5 Å². The summed E-state index contributed by atoms with van der Waals surface area (Å²) in [7, 11) is 0. The fourth-order valence-corrected chi connectivity index (χ4v) is 3.82. The van der Waals surface area contributed by atoms with Crippen LogP contribution in [-0.4, -0.2) is 49.7 Å². The number of carbonyl (C=O) groups is 2. The standard InChI is InChI=1S/C25H34N4O5/c1-4-32-21-10-9-18(14-19(21)24(30)29-11-7-8-12-29)28-25(31)27-16-17-13-23(34-6-3)20(26)15-22(17)33-5-2/h9-10,13-15H,4-8,11-12,16,26H2,1-3H3,(H2,27,28,31). The minimum atomic E-state index is -0.416. The number of carbonyl (C=O) groups excluding carboxylic acids is 2. The van der Waals surface area contributed by atoms with Gasteiger partial charge in [0.25, 0.3) is 5.91 Å². The van der Waals surface area contributed by atoms with E-state index in [9.17, 15) is 9.59 Å². The van der Waals surface area contributed by atoms with Gasteiger partial charge in [0, 0.05) is 37.0 Å². The van der Waals surface area contributed by atoms with E-state index >= 15 is 0 Å². The molecular formula is C25H34N4O5. The molecular weight excluding hydrogens is 436 g/mol. The third-order valence-corrected chi connectivity index (χ3v) is 5.39. The third kappa shape index (κ3) is 6.24. The van der Waals surface area contributed by atoms with E-state index in [1.807, 2.05) is 25.7 Å². The second-order valence-electron chi connectivity index (χ2n) is 7.81. The van der Waals surface area contributed by atoms with E-state index in [0.717, 1.165) is 31.5 Å². The highest BCUT2D eigenvalue weighted by molar-refractivity contribution is 5.99. The lowest BCUT2D eigenvalue weighted by Gasteiger charge is -2.19. The molecule has 1 saturated heterocycles. The molecule has 0 aromatic heterocycles. The number of hydrogen-bond acceptors (Lipinski definition) is 6. The number of urea groups is 1. The minimum absolute atomic E-state index is 0.0864. The molecule has 0 saturated carbocycles. The topological polar surface area (TPSA) is 115 Å². The largest absolute Gasteiger partial charge is 0.493 e. The van der Waals surface area contributed by atoms with Gasteiger partial charge in [-0.2, -0.15) is 0 Å². The maximum Gasteiger partial charge on any atom is 0.319 e. The molecule has 1 fully saturated rings. The summed E-state index contributed by atoms with van der Waals surface area (Å²) in [5, 5.41) is 5.62. The average Bonchev–Trinajstić information content (AvgIpc) is 3.36. The van der Waals surface area contributed by atoms with E-state index < -0.39 is 6.03 Å². The van der Waals surface area contributed by atoms with Crippen molar-refractivity contribution in [1.82, 2.24) is 10.2 Å². The summed E-state index contributed by atoms with van der Waals surface area (Å²) in [6.07, 6.45) is 1.99. The Kier molecular flexibility index (Phi) is 8.84. The van der Waals surface area contributed by atoms with Crippen molar-refractivity contribution in [3.8, 4) is 17.2 Å². The molecule has 0 aliphatic carbocycles. The SMILES string of the molecule is CCOc1cc(CNC(=O)Nc2ccc(OCC)c(C(=O)N3CCCC3)c2)c(OCC)cc1N. The van der Waals surface area contributed by atoms with Crippen LogP contribution in [0.15, 0.2) is 30.3 Å². The van der Waals surface area contributed by atoms with E-state index in [4.69, 9.17) is 19.9 Å². The number of nitrogen functional groups attached to an aromatic ring is 1. The zero-order chi connectivity index (χ0) is 24.5.